The molecular formula is C13H16F2N2O. The molecular weight excluding hydrogens is 238 g/mol. The maximum Gasteiger partial charge on any atom is 0.257 e. The number of hydrogen-bond donors (Lipinski definition) is 2. The Morgan fingerprint density at radius 3 is 2.89 bits per heavy atom. The Morgan fingerprint density at radius 2 is 2.22 bits per heavy atom. The predicted molar refractivity (Wildman–Crippen MR) is 64.5 cm³/mol. The van der Waals surface area contributed by atoms with E-state index in [1.54, 1.807) is 0 Å². The lowest BCUT2D eigenvalue weighted by Crippen LogP contribution is -2.46. The summed E-state index contributed by atoms with van der Waals surface area (Å²) in [5.74, 6) is -2.28. The van der Waals surface area contributed by atoms with Crippen LogP contribution < -0.4 is 10.6 Å². The zero-order valence-electron chi connectivity index (χ0n) is 10.2. The van der Waals surface area contributed by atoms with Crippen molar-refractivity contribution in [2.75, 3.05) is 13.1 Å². The molecule has 2 rings (SSSR count). The van der Waals surface area contributed by atoms with Gasteiger partial charge in [-0.15, -0.1) is 0 Å². The van der Waals surface area contributed by atoms with Gasteiger partial charge in [0.15, 0.2) is 0 Å². The van der Waals surface area contributed by atoms with Gasteiger partial charge in [-0.2, -0.15) is 0 Å². The maximum absolute atomic E-state index is 13.8. The lowest BCUT2D eigenvalue weighted by atomic mass is 10.1. The van der Waals surface area contributed by atoms with E-state index in [9.17, 15) is 13.6 Å². The molecule has 0 spiro atoms. The van der Waals surface area contributed by atoms with Gasteiger partial charge in [0, 0.05) is 12.6 Å². The first-order valence-corrected chi connectivity index (χ1v) is 6.06. The molecule has 1 saturated heterocycles. The third kappa shape index (κ3) is 2.67. The highest BCUT2D eigenvalue weighted by Crippen LogP contribution is 2.16. The number of piperidine rings is 1. The summed E-state index contributed by atoms with van der Waals surface area (Å²) in [5.41, 5.74) is -0.219. The van der Waals surface area contributed by atoms with Crippen LogP contribution in [0.25, 0.3) is 0 Å². The van der Waals surface area contributed by atoms with Crippen LogP contribution in [-0.4, -0.2) is 25.0 Å². The Morgan fingerprint density at radius 1 is 1.44 bits per heavy atom. The van der Waals surface area contributed by atoms with Crippen molar-refractivity contribution in [2.45, 2.75) is 25.8 Å². The molecule has 1 aromatic carbocycles. The van der Waals surface area contributed by atoms with Gasteiger partial charge in [-0.05, 0) is 37.9 Å². The van der Waals surface area contributed by atoms with Gasteiger partial charge < -0.3 is 10.6 Å². The van der Waals surface area contributed by atoms with Crippen LogP contribution in [-0.2, 0) is 0 Å². The normalized spacial score (nSPS) is 19.6. The Bertz CT molecular complexity index is 457. The minimum absolute atomic E-state index is 0.0643. The van der Waals surface area contributed by atoms with E-state index >= 15 is 0 Å². The van der Waals surface area contributed by atoms with Crippen molar-refractivity contribution in [3.05, 3.63) is 34.9 Å². The number of amides is 1. The van der Waals surface area contributed by atoms with Crippen LogP contribution in [0, 0.1) is 18.6 Å². The number of benzene rings is 1. The topological polar surface area (TPSA) is 41.1 Å². The number of nitrogens with one attached hydrogen (secondary N) is 2. The van der Waals surface area contributed by atoms with Gasteiger partial charge >= 0.3 is 0 Å². The van der Waals surface area contributed by atoms with Crippen LogP contribution in [0.4, 0.5) is 8.78 Å². The molecule has 1 aliphatic heterocycles. The second-order valence-electron chi connectivity index (χ2n) is 4.57. The van der Waals surface area contributed by atoms with Crippen molar-refractivity contribution in [3.8, 4) is 0 Å². The average Bonchev–Trinajstić information content (AvgIpc) is 2.36. The third-order valence-electron chi connectivity index (χ3n) is 3.14. The van der Waals surface area contributed by atoms with Gasteiger partial charge in [-0.3, -0.25) is 4.79 Å². The largest absolute Gasteiger partial charge is 0.348 e. The third-order valence-corrected chi connectivity index (χ3v) is 3.14. The summed E-state index contributed by atoms with van der Waals surface area (Å²) in [6.45, 7) is 3.06. The Labute approximate surface area is 105 Å². The van der Waals surface area contributed by atoms with E-state index in [0.717, 1.165) is 25.5 Å². The summed E-state index contributed by atoms with van der Waals surface area (Å²) in [6, 6.07) is 2.38. The molecule has 0 saturated carbocycles. The molecule has 0 bridgehead atoms. The second-order valence-corrected chi connectivity index (χ2v) is 4.57. The number of aryl methyl sites for hydroxylation is 1. The summed E-state index contributed by atoms with van der Waals surface area (Å²) in [5, 5.41) is 5.79. The van der Waals surface area contributed by atoms with E-state index in [1.165, 1.54) is 13.0 Å². The first-order chi connectivity index (χ1) is 8.59. The predicted octanol–water partition coefficient (Wildman–Crippen LogP) is 1.76. The van der Waals surface area contributed by atoms with Crippen LogP contribution in [0.3, 0.4) is 0 Å². The summed E-state index contributed by atoms with van der Waals surface area (Å²) in [6.07, 6.45) is 1.78. The molecule has 0 radical (unpaired) electrons. The number of halogens is 2. The van der Waals surface area contributed by atoms with E-state index in [4.69, 9.17) is 0 Å². The Hall–Kier alpha value is -1.49. The summed E-state index contributed by atoms with van der Waals surface area (Å²) in [4.78, 5) is 11.9. The van der Waals surface area contributed by atoms with Crippen molar-refractivity contribution in [2.24, 2.45) is 0 Å². The fourth-order valence-corrected chi connectivity index (χ4v) is 2.10. The van der Waals surface area contributed by atoms with Crippen molar-refractivity contribution < 1.29 is 13.6 Å². The van der Waals surface area contributed by atoms with E-state index in [0.29, 0.717) is 6.54 Å². The molecule has 1 aliphatic rings. The molecule has 1 fully saturated rings. The van der Waals surface area contributed by atoms with Gasteiger partial charge in [0.05, 0.1) is 0 Å². The van der Waals surface area contributed by atoms with Gasteiger partial charge in [0.2, 0.25) is 0 Å². The molecule has 2 N–H and O–H groups in total. The first kappa shape index (κ1) is 13.0. The fraction of sp³-hybridized carbons (Fsp3) is 0.462. The monoisotopic (exact) mass is 254 g/mol. The van der Waals surface area contributed by atoms with Crippen LogP contribution in [0.15, 0.2) is 12.1 Å². The van der Waals surface area contributed by atoms with Gasteiger partial charge in [0.25, 0.3) is 5.91 Å². The molecule has 0 aliphatic carbocycles. The summed E-state index contributed by atoms with van der Waals surface area (Å²) < 4.78 is 27.3. The number of rotatable bonds is 2. The van der Waals surface area contributed by atoms with Crippen molar-refractivity contribution in [1.29, 1.82) is 0 Å². The van der Waals surface area contributed by atoms with Crippen LogP contribution in [0.5, 0.6) is 0 Å². The molecule has 5 heteroatoms. The molecule has 1 aromatic rings. The average molecular weight is 254 g/mol. The molecule has 1 heterocycles. The standard InChI is InChI=1S/C13H16F2N2O/c1-8-4-5-10(14)11(12(8)15)13(18)17-9-3-2-6-16-7-9/h4-5,9,16H,2-3,6-7H2,1H3,(H,17,18)/t9-/m0/s1. The fourth-order valence-electron chi connectivity index (χ4n) is 2.10. The van der Waals surface area contributed by atoms with E-state index in [2.05, 4.69) is 10.6 Å². The van der Waals surface area contributed by atoms with Crippen LogP contribution >= 0.6 is 0 Å². The first-order valence-electron chi connectivity index (χ1n) is 6.06. The quantitative estimate of drug-likeness (QED) is 0.844. The van der Waals surface area contributed by atoms with Crippen molar-refractivity contribution in [1.82, 2.24) is 10.6 Å². The summed E-state index contributed by atoms with van der Waals surface area (Å²) >= 11 is 0. The highest BCUT2D eigenvalue weighted by Gasteiger charge is 2.22. The van der Waals surface area contributed by atoms with Crippen LogP contribution in [0.2, 0.25) is 0 Å². The van der Waals surface area contributed by atoms with E-state index in [-0.39, 0.29) is 11.6 Å². The smallest absolute Gasteiger partial charge is 0.257 e. The van der Waals surface area contributed by atoms with E-state index < -0.39 is 23.1 Å². The Balaban J connectivity index is 2.15. The highest BCUT2D eigenvalue weighted by molar-refractivity contribution is 5.95. The van der Waals surface area contributed by atoms with Gasteiger partial charge in [-0.1, -0.05) is 6.07 Å². The minimum atomic E-state index is -0.820. The number of carbonyl (C=O) groups is 1. The van der Waals surface area contributed by atoms with Crippen molar-refractivity contribution >= 4 is 5.91 Å². The highest BCUT2D eigenvalue weighted by atomic mass is 19.1. The minimum Gasteiger partial charge on any atom is -0.348 e. The van der Waals surface area contributed by atoms with Crippen LogP contribution in [0.1, 0.15) is 28.8 Å². The van der Waals surface area contributed by atoms with Gasteiger partial charge in [0.1, 0.15) is 17.2 Å². The number of hydrogen-bond acceptors (Lipinski definition) is 2. The number of carbonyl (C=O) groups excluding carboxylic acids is 1. The molecule has 0 unspecified atom stereocenters. The summed E-state index contributed by atoms with van der Waals surface area (Å²) in [7, 11) is 0. The Kier molecular flexibility index (Phi) is 3.91. The zero-order chi connectivity index (χ0) is 13.1. The van der Waals surface area contributed by atoms with Crippen molar-refractivity contribution in [3.63, 3.8) is 0 Å². The molecule has 0 aromatic heterocycles. The maximum atomic E-state index is 13.8. The molecule has 98 valence electrons. The molecule has 3 nitrogen and oxygen atoms in total. The lowest BCUT2D eigenvalue weighted by Gasteiger charge is -2.24. The SMILES string of the molecule is Cc1ccc(F)c(C(=O)N[C@H]2CCCNC2)c1F. The van der Waals surface area contributed by atoms with E-state index in [1.807, 2.05) is 0 Å². The zero-order valence-corrected chi connectivity index (χ0v) is 10.2. The second kappa shape index (κ2) is 5.44. The van der Waals surface area contributed by atoms with Gasteiger partial charge in [-0.25, -0.2) is 8.78 Å². The molecule has 18 heavy (non-hydrogen) atoms. The lowest BCUT2D eigenvalue weighted by molar-refractivity contribution is 0.0922. The molecule has 1 atom stereocenters. The molecule has 1 amide bonds.